The van der Waals surface area contributed by atoms with E-state index in [9.17, 15) is 0 Å². The molecule has 1 fully saturated rings. The van der Waals surface area contributed by atoms with Crippen LogP contribution in [-0.4, -0.2) is 60.3 Å². The van der Waals surface area contributed by atoms with Gasteiger partial charge in [0, 0.05) is 37.3 Å². The summed E-state index contributed by atoms with van der Waals surface area (Å²) >= 11 is 0. The number of hydrogen-bond acceptors (Lipinski definition) is 9. The third kappa shape index (κ3) is 7.33. The molecule has 4 rings (SSSR count). The number of nitrogens with zero attached hydrogens (tertiary/aromatic N) is 6. The van der Waals surface area contributed by atoms with E-state index >= 15 is 0 Å². The van der Waals surface area contributed by atoms with Gasteiger partial charge < -0.3 is 19.7 Å². The number of hydrogen-bond donors (Lipinski definition) is 1. The second-order valence-electron chi connectivity index (χ2n) is 10.2. The number of nitrogens with one attached hydrogen (secondary N) is 1. The zero-order chi connectivity index (χ0) is 30.1. The number of amidine groups is 1. The van der Waals surface area contributed by atoms with E-state index in [4.69, 9.17) is 14.5 Å². The number of aliphatic imine (C=N–C) groups is 3. The molecule has 1 aromatic rings. The fourth-order valence-corrected chi connectivity index (χ4v) is 4.65. The Hall–Kier alpha value is -4.24. The normalized spacial score (nSPS) is 21.1. The summed E-state index contributed by atoms with van der Waals surface area (Å²) in [6.45, 7) is 17.5. The van der Waals surface area contributed by atoms with Crippen LogP contribution in [-0.2, 0) is 4.74 Å². The van der Waals surface area contributed by atoms with Gasteiger partial charge in [0.2, 0.25) is 0 Å². The van der Waals surface area contributed by atoms with Crippen molar-refractivity contribution in [2.75, 3.05) is 31.6 Å². The van der Waals surface area contributed by atoms with Crippen LogP contribution in [0.5, 0.6) is 5.75 Å². The number of rotatable bonds is 8. The molecule has 222 valence electrons. The van der Waals surface area contributed by atoms with Gasteiger partial charge in [-0.15, -0.1) is 0 Å². The molecule has 0 radical (unpaired) electrons. The molecule has 1 aromatic carbocycles. The molecular weight excluding hydrogens is 526 g/mol. The van der Waals surface area contributed by atoms with Gasteiger partial charge >= 0.3 is 0 Å². The van der Waals surface area contributed by atoms with Gasteiger partial charge in [0.1, 0.15) is 29.4 Å². The molecule has 0 aliphatic carbocycles. The molecule has 1 saturated heterocycles. The van der Waals surface area contributed by atoms with Crippen molar-refractivity contribution in [1.82, 2.24) is 9.91 Å². The van der Waals surface area contributed by atoms with E-state index in [1.807, 2.05) is 62.3 Å². The molecule has 9 nitrogen and oxygen atoms in total. The Morgan fingerprint density at radius 1 is 1.14 bits per heavy atom. The second kappa shape index (κ2) is 14.6. The van der Waals surface area contributed by atoms with Gasteiger partial charge in [0.25, 0.3) is 0 Å². The Morgan fingerprint density at radius 2 is 1.93 bits per heavy atom. The zero-order valence-electron chi connectivity index (χ0n) is 25.9. The highest BCUT2D eigenvalue weighted by atomic mass is 16.5. The highest BCUT2D eigenvalue weighted by Gasteiger charge is 2.22. The third-order valence-corrected chi connectivity index (χ3v) is 7.34. The molecule has 0 spiro atoms. The highest BCUT2D eigenvalue weighted by Crippen LogP contribution is 2.29. The minimum atomic E-state index is 0.653. The van der Waals surface area contributed by atoms with Crippen LogP contribution in [0.4, 0.5) is 5.69 Å². The molecule has 0 amide bonds. The Labute approximate surface area is 250 Å². The lowest BCUT2D eigenvalue weighted by Crippen LogP contribution is -2.37. The molecule has 0 unspecified atom stereocenters. The molecular formula is C33H43N7O2. The topological polar surface area (TPSA) is 86.4 Å². The monoisotopic (exact) mass is 569 g/mol. The summed E-state index contributed by atoms with van der Waals surface area (Å²) < 4.78 is 11.9. The molecule has 3 aliphatic rings. The predicted molar refractivity (Wildman–Crippen MR) is 174 cm³/mol. The van der Waals surface area contributed by atoms with E-state index in [2.05, 4.69) is 59.1 Å². The Bertz CT molecular complexity index is 1430. The fourth-order valence-electron chi connectivity index (χ4n) is 4.65. The zero-order valence-corrected chi connectivity index (χ0v) is 25.9. The Morgan fingerprint density at radius 3 is 2.60 bits per heavy atom. The van der Waals surface area contributed by atoms with Gasteiger partial charge in [0.15, 0.2) is 5.84 Å². The van der Waals surface area contributed by atoms with Crippen molar-refractivity contribution in [3.63, 3.8) is 0 Å². The number of allylic oxidation sites excluding steroid dienone is 5. The minimum absolute atomic E-state index is 0.653. The first-order chi connectivity index (χ1) is 20.4. The quantitative estimate of drug-likeness (QED) is 0.343. The van der Waals surface area contributed by atoms with Crippen molar-refractivity contribution in [2.24, 2.45) is 20.1 Å². The lowest BCUT2D eigenvalue weighted by molar-refractivity contribution is 0.0526. The van der Waals surface area contributed by atoms with Crippen LogP contribution in [0, 0.1) is 6.92 Å². The third-order valence-electron chi connectivity index (χ3n) is 7.34. The first-order valence-corrected chi connectivity index (χ1v) is 14.7. The molecule has 42 heavy (non-hydrogen) atoms. The van der Waals surface area contributed by atoms with Crippen LogP contribution in [0.2, 0.25) is 0 Å². The van der Waals surface area contributed by atoms with E-state index in [1.165, 1.54) is 11.1 Å². The van der Waals surface area contributed by atoms with Crippen molar-refractivity contribution in [2.45, 2.75) is 61.3 Å². The molecule has 0 saturated carbocycles. The van der Waals surface area contributed by atoms with E-state index in [0.717, 1.165) is 71.6 Å². The minimum Gasteiger partial charge on any atom is -0.457 e. The number of benzene rings is 1. The van der Waals surface area contributed by atoms with Crippen LogP contribution in [0.1, 0.15) is 59.9 Å². The standard InChI is InChI=1S/C33H43N7O2/c1-8-23(5)29-21-27(14-15-40(29)36-11-4)42-30-13-12-26(20-25(30)7)37-32-31(28(10-3)34-22-35-32)38-33(24(6)9-2)39-16-18-41-19-17-39/h10-15,20-22H,8-9,16-19H2,1-7H3,(H,34,35,37)/b28-10+,29-23?,33-24-,36-11-,38-31+. The van der Waals surface area contributed by atoms with Gasteiger partial charge in [-0.3, -0.25) is 0 Å². The summed E-state index contributed by atoms with van der Waals surface area (Å²) in [5.41, 5.74) is 6.85. The smallest absolute Gasteiger partial charge is 0.160 e. The van der Waals surface area contributed by atoms with Crippen LogP contribution in [0.3, 0.4) is 0 Å². The first-order valence-electron chi connectivity index (χ1n) is 14.7. The molecule has 0 bridgehead atoms. The predicted octanol–water partition coefficient (Wildman–Crippen LogP) is 6.95. The summed E-state index contributed by atoms with van der Waals surface area (Å²) in [5.74, 6) is 3.16. The van der Waals surface area contributed by atoms with Crippen LogP contribution in [0.25, 0.3) is 0 Å². The Balaban J connectivity index is 1.59. The lowest BCUT2D eigenvalue weighted by atomic mass is 10.1. The number of aryl methyl sites for hydroxylation is 1. The van der Waals surface area contributed by atoms with Gasteiger partial charge in [-0.1, -0.05) is 19.9 Å². The second-order valence-corrected chi connectivity index (χ2v) is 10.2. The highest BCUT2D eigenvalue weighted by molar-refractivity contribution is 6.52. The van der Waals surface area contributed by atoms with Gasteiger partial charge in [-0.25, -0.2) is 20.0 Å². The SMILES string of the molecule is C/C=N\N1C=CC(Oc2ccc(NC3=NC=NC(=C/C)/C3=N\C(=C(/C)CC)N3CCOCC3)cc2C)=CC1=C(C)CC. The summed E-state index contributed by atoms with van der Waals surface area (Å²) in [6, 6.07) is 6.03. The summed E-state index contributed by atoms with van der Waals surface area (Å²) in [6.07, 6.45) is 13.0. The van der Waals surface area contributed by atoms with Gasteiger partial charge in [0.05, 0.1) is 24.6 Å². The van der Waals surface area contributed by atoms with Gasteiger partial charge in [-0.2, -0.15) is 5.10 Å². The molecule has 1 N–H and O–H groups in total. The Kier molecular flexibility index (Phi) is 10.7. The van der Waals surface area contributed by atoms with E-state index in [0.29, 0.717) is 19.0 Å². The van der Waals surface area contributed by atoms with Gasteiger partial charge in [-0.05, 0) is 88.4 Å². The fraction of sp³-hybridized carbons (Fsp3) is 0.394. The van der Waals surface area contributed by atoms with E-state index in [-0.39, 0.29) is 0 Å². The maximum atomic E-state index is 6.32. The lowest BCUT2D eigenvalue weighted by Gasteiger charge is -2.31. The van der Waals surface area contributed by atoms with Crippen molar-refractivity contribution in [1.29, 1.82) is 0 Å². The number of ether oxygens (including phenoxy) is 2. The molecule has 0 atom stereocenters. The average Bonchev–Trinajstić information content (AvgIpc) is 3.02. The largest absolute Gasteiger partial charge is 0.457 e. The number of morpholine rings is 1. The first kappa shape index (κ1) is 30.7. The van der Waals surface area contributed by atoms with Crippen molar-refractivity contribution in [3.8, 4) is 5.75 Å². The van der Waals surface area contributed by atoms with Crippen LogP contribution < -0.4 is 10.1 Å². The van der Waals surface area contributed by atoms with Crippen molar-refractivity contribution < 1.29 is 9.47 Å². The molecule has 0 aromatic heterocycles. The van der Waals surface area contributed by atoms with Crippen molar-refractivity contribution >= 4 is 29.8 Å². The maximum Gasteiger partial charge on any atom is 0.160 e. The van der Waals surface area contributed by atoms with Crippen LogP contribution >= 0.6 is 0 Å². The summed E-state index contributed by atoms with van der Waals surface area (Å²) in [5, 5.41) is 9.81. The molecule has 3 aliphatic heterocycles. The van der Waals surface area contributed by atoms with Crippen LogP contribution in [0.15, 0.2) is 96.8 Å². The molecule has 3 heterocycles. The average molecular weight is 570 g/mol. The van der Waals surface area contributed by atoms with E-state index in [1.54, 1.807) is 12.6 Å². The van der Waals surface area contributed by atoms with Crippen molar-refractivity contribution in [3.05, 3.63) is 82.3 Å². The number of anilines is 1. The summed E-state index contributed by atoms with van der Waals surface area (Å²) in [4.78, 5) is 16.5. The van der Waals surface area contributed by atoms with E-state index < -0.39 is 0 Å². The maximum absolute atomic E-state index is 6.32. The summed E-state index contributed by atoms with van der Waals surface area (Å²) in [7, 11) is 0. The molecule has 9 heteroatoms. The number of hydrazone groups is 1.